The average molecular weight is 322 g/mol. The second-order valence-electron chi connectivity index (χ2n) is 5.31. The molecule has 0 saturated heterocycles. The lowest BCUT2D eigenvalue weighted by molar-refractivity contribution is 0.680. The highest BCUT2D eigenvalue weighted by molar-refractivity contribution is 6.30. The van der Waals surface area contributed by atoms with Crippen molar-refractivity contribution >= 4 is 28.6 Å². The second kappa shape index (κ2) is 5.04. The van der Waals surface area contributed by atoms with Crippen molar-refractivity contribution in [1.82, 2.24) is 9.55 Å². The van der Waals surface area contributed by atoms with Crippen molar-refractivity contribution in [1.29, 1.82) is 5.26 Å². The predicted molar refractivity (Wildman–Crippen MR) is 89.8 cm³/mol. The van der Waals surface area contributed by atoms with Crippen molar-refractivity contribution in [3.63, 3.8) is 0 Å². The molecular weight excluding hydrogens is 310 g/mol. The normalized spacial score (nSPS) is 16.8. The summed E-state index contributed by atoms with van der Waals surface area (Å²) in [4.78, 5) is 4.57. The molecule has 1 aliphatic heterocycles. The lowest BCUT2D eigenvalue weighted by Gasteiger charge is -2.27. The summed E-state index contributed by atoms with van der Waals surface area (Å²) in [6, 6.07) is 17.1. The monoisotopic (exact) mass is 321 g/mol. The summed E-state index contributed by atoms with van der Waals surface area (Å²) in [7, 11) is 0. The number of para-hydroxylation sites is 2. The number of nitrogens with one attached hydrogen (secondary N) is 1. The van der Waals surface area contributed by atoms with Crippen molar-refractivity contribution in [2.75, 3.05) is 5.32 Å². The molecule has 1 atom stereocenters. The van der Waals surface area contributed by atoms with Crippen LogP contribution in [0.5, 0.6) is 0 Å². The third-order valence-corrected chi connectivity index (χ3v) is 4.22. The Bertz CT molecular complexity index is 978. The fourth-order valence-corrected chi connectivity index (χ4v) is 3.07. The van der Waals surface area contributed by atoms with Crippen LogP contribution in [0.25, 0.3) is 11.0 Å². The number of anilines is 1. The van der Waals surface area contributed by atoms with Gasteiger partial charge in [-0.25, -0.2) is 4.98 Å². The van der Waals surface area contributed by atoms with Crippen LogP contribution in [0, 0.1) is 11.3 Å². The van der Waals surface area contributed by atoms with Gasteiger partial charge in [-0.05, 0) is 29.8 Å². The Balaban J connectivity index is 2.02. The first-order chi connectivity index (χ1) is 11.2. The summed E-state index contributed by atoms with van der Waals surface area (Å²) in [5, 5.41) is 13.3. The molecule has 6 heteroatoms. The maximum Gasteiger partial charge on any atom is 0.210 e. The Labute approximate surface area is 137 Å². The Morgan fingerprint density at radius 1 is 1.17 bits per heavy atom. The van der Waals surface area contributed by atoms with Gasteiger partial charge in [0.25, 0.3) is 0 Å². The minimum absolute atomic E-state index is 0.329. The van der Waals surface area contributed by atoms with Crippen LogP contribution in [0.4, 0.5) is 5.95 Å². The van der Waals surface area contributed by atoms with Gasteiger partial charge in [-0.2, -0.15) is 5.26 Å². The maximum atomic E-state index is 9.60. The van der Waals surface area contributed by atoms with E-state index < -0.39 is 0 Å². The molecule has 112 valence electrons. The summed E-state index contributed by atoms with van der Waals surface area (Å²) >= 11 is 5.99. The first-order valence-corrected chi connectivity index (χ1v) is 7.46. The number of hydrogen-bond donors (Lipinski definition) is 2. The van der Waals surface area contributed by atoms with Crippen molar-refractivity contribution in [3.05, 3.63) is 70.5 Å². The van der Waals surface area contributed by atoms with Crippen molar-refractivity contribution in [2.24, 2.45) is 5.73 Å². The van der Waals surface area contributed by atoms with Gasteiger partial charge < -0.3 is 11.1 Å². The molecule has 0 bridgehead atoms. The summed E-state index contributed by atoms with van der Waals surface area (Å²) in [5.74, 6) is 0.956. The van der Waals surface area contributed by atoms with E-state index in [0.717, 1.165) is 16.6 Å². The minimum Gasteiger partial charge on any atom is -0.384 e. The van der Waals surface area contributed by atoms with Gasteiger partial charge in [0.1, 0.15) is 17.9 Å². The Morgan fingerprint density at radius 2 is 1.91 bits per heavy atom. The van der Waals surface area contributed by atoms with E-state index in [1.165, 1.54) is 0 Å². The minimum atomic E-state index is -0.332. The molecule has 23 heavy (non-hydrogen) atoms. The Hall–Kier alpha value is -2.97. The molecule has 1 aliphatic rings. The van der Waals surface area contributed by atoms with Gasteiger partial charge in [0.2, 0.25) is 5.95 Å². The number of nitriles is 1. The molecule has 0 saturated carbocycles. The summed E-state index contributed by atoms with van der Waals surface area (Å²) in [5.41, 5.74) is 9.23. The molecule has 4 rings (SSSR count). The Morgan fingerprint density at radius 3 is 2.65 bits per heavy atom. The SMILES string of the molecule is N#CC1=C(N)Nc2nc3ccccc3n2[C@@H]1c1ccc(Cl)cc1. The number of aromatic nitrogens is 2. The van der Waals surface area contributed by atoms with E-state index in [2.05, 4.69) is 16.4 Å². The average Bonchev–Trinajstić information content (AvgIpc) is 2.92. The van der Waals surface area contributed by atoms with Crippen LogP contribution < -0.4 is 11.1 Å². The molecule has 0 radical (unpaired) electrons. The zero-order valence-corrected chi connectivity index (χ0v) is 12.7. The zero-order valence-electron chi connectivity index (χ0n) is 12.0. The molecule has 0 unspecified atom stereocenters. The summed E-state index contributed by atoms with van der Waals surface area (Å²) in [6.45, 7) is 0. The number of halogens is 1. The van der Waals surface area contributed by atoms with Crippen LogP contribution in [-0.4, -0.2) is 9.55 Å². The smallest absolute Gasteiger partial charge is 0.210 e. The van der Waals surface area contributed by atoms with Gasteiger partial charge in [-0.15, -0.1) is 0 Å². The molecule has 5 nitrogen and oxygen atoms in total. The fourth-order valence-electron chi connectivity index (χ4n) is 2.94. The zero-order chi connectivity index (χ0) is 16.0. The molecule has 0 aliphatic carbocycles. The molecule has 0 amide bonds. The quantitative estimate of drug-likeness (QED) is 0.720. The van der Waals surface area contributed by atoms with E-state index >= 15 is 0 Å². The lowest BCUT2D eigenvalue weighted by Crippen LogP contribution is -2.27. The molecular formula is C17H12ClN5. The van der Waals surface area contributed by atoms with E-state index in [-0.39, 0.29) is 6.04 Å². The van der Waals surface area contributed by atoms with Crippen LogP contribution in [-0.2, 0) is 0 Å². The predicted octanol–water partition coefficient (Wildman–Crippen LogP) is 3.40. The molecule has 2 aromatic carbocycles. The number of rotatable bonds is 1. The van der Waals surface area contributed by atoms with E-state index in [4.69, 9.17) is 17.3 Å². The summed E-state index contributed by atoms with van der Waals surface area (Å²) in [6.07, 6.45) is 0. The lowest BCUT2D eigenvalue weighted by atomic mass is 9.97. The second-order valence-corrected chi connectivity index (χ2v) is 5.75. The van der Waals surface area contributed by atoms with Gasteiger partial charge in [-0.1, -0.05) is 35.9 Å². The fraction of sp³-hybridized carbons (Fsp3) is 0.0588. The van der Waals surface area contributed by atoms with Crippen LogP contribution in [0.2, 0.25) is 5.02 Å². The van der Waals surface area contributed by atoms with Gasteiger partial charge >= 0.3 is 0 Å². The third kappa shape index (κ3) is 2.04. The Kier molecular flexibility index (Phi) is 3.00. The number of imidazole rings is 1. The van der Waals surface area contributed by atoms with Gasteiger partial charge in [0.15, 0.2) is 0 Å². The molecule has 3 aromatic rings. The number of benzene rings is 2. The van der Waals surface area contributed by atoms with Crippen LogP contribution in [0.3, 0.4) is 0 Å². The number of allylic oxidation sites excluding steroid dienone is 1. The largest absolute Gasteiger partial charge is 0.384 e. The van der Waals surface area contributed by atoms with Crippen LogP contribution in [0.1, 0.15) is 11.6 Å². The standard InChI is InChI=1S/C17H12ClN5/c18-11-7-5-10(6-8-11)15-12(9-19)16(20)22-17-21-13-3-1-2-4-14(13)23(15)17/h1-8,15H,20H2,(H,21,22)/t15-/m1/s1. The number of nitrogens with two attached hydrogens (primary N) is 1. The number of fused-ring (bicyclic) bond motifs is 3. The number of hydrogen-bond acceptors (Lipinski definition) is 4. The van der Waals surface area contributed by atoms with E-state index in [9.17, 15) is 5.26 Å². The van der Waals surface area contributed by atoms with E-state index in [0.29, 0.717) is 22.4 Å². The van der Waals surface area contributed by atoms with Crippen molar-refractivity contribution < 1.29 is 0 Å². The number of nitrogens with zero attached hydrogens (tertiary/aromatic N) is 3. The molecule has 0 spiro atoms. The van der Waals surface area contributed by atoms with E-state index in [1.807, 2.05) is 53.1 Å². The van der Waals surface area contributed by atoms with Crippen LogP contribution >= 0.6 is 11.6 Å². The van der Waals surface area contributed by atoms with Gasteiger partial charge in [-0.3, -0.25) is 4.57 Å². The first kappa shape index (κ1) is 13.7. The van der Waals surface area contributed by atoms with Crippen LogP contribution in [0.15, 0.2) is 59.9 Å². The highest BCUT2D eigenvalue weighted by Gasteiger charge is 2.30. The molecule has 1 aromatic heterocycles. The van der Waals surface area contributed by atoms with E-state index in [1.54, 1.807) is 0 Å². The topological polar surface area (TPSA) is 79.7 Å². The first-order valence-electron chi connectivity index (χ1n) is 7.08. The van der Waals surface area contributed by atoms with Gasteiger partial charge in [0, 0.05) is 5.02 Å². The van der Waals surface area contributed by atoms with Gasteiger partial charge in [0.05, 0.1) is 16.6 Å². The molecule has 3 N–H and O–H groups in total. The molecule has 2 heterocycles. The van der Waals surface area contributed by atoms with Crippen molar-refractivity contribution in [2.45, 2.75) is 6.04 Å². The highest BCUT2D eigenvalue weighted by atomic mass is 35.5. The van der Waals surface area contributed by atoms with Crippen molar-refractivity contribution in [3.8, 4) is 6.07 Å². The third-order valence-electron chi connectivity index (χ3n) is 3.97. The maximum absolute atomic E-state index is 9.60. The highest BCUT2D eigenvalue weighted by Crippen LogP contribution is 2.37. The molecule has 0 fully saturated rings. The summed E-state index contributed by atoms with van der Waals surface area (Å²) < 4.78 is 1.99.